The van der Waals surface area contributed by atoms with E-state index in [1.54, 1.807) is 44.0 Å². The van der Waals surface area contributed by atoms with Crippen LogP contribution >= 0.6 is 23.5 Å². The van der Waals surface area contributed by atoms with Crippen LogP contribution in [0.4, 0.5) is 5.69 Å². The van der Waals surface area contributed by atoms with Crippen molar-refractivity contribution in [2.75, 3.05) is 27.5 Å². The molecule has 2 aromatic rings. The molecule has 0 spiro atoms. The van der Waals surface area contributed by atoms with E-state index in [9.17, 15) is 4.79 Å². The van der Waals surface area contributed by atoms with Crippen molar-refractivity contribution in [2.24, 2.45) is 4.99 Å². The number of carbonyl (C=O) groups excluding carboxylic acids is 1. The second-order valence-electron chi connectivity index (χ2n) is 5.68. The Morgan fingerprint density at radius 2 is 1.96 bits per heavy atom. The van der Waals surface area contributed by atoms with Gasteiger partial charge in [-0.2, -0.15) is 0 Å². The molecule has 1 aliphatic heterocycles. The number of hydrogen-bond donors (Lipinski definition) is 0. The minimum Gasteiger partial charge on any atom is -0.497 e. The zero-order valence-corrected chi connectivity index (χ0v) is 17.2. The largest absolute Gasteiger partial charge is 0.497 e. The van der Waals surface area contributed by atoms with Gasteiger partial charge in [0.05, 0.1) is 24.8 Å². The van der Waals surface area contributed by atoms with Gasteiger partial charge in [-0.15, -0.1) is 11.8 Å². The quantitative estimate of drug-likeness (QED) is 0.540. The second-order valence-corrected chi connectivity index (χ2v) is 7.57. The maximum absolute atomic E-state index is 12.6. The van der Waals surface area contributed by atoms with Gasteiger partial charge in [0.2, 0.25) is 0 Å². The van der Waals surface area contributed by atoms with Gasteiger partial charge in [0.15, 0.2) is 5.17 Å². The highest BCUT2D eigenvalue weighted by Crippen LogP contribution is 2.35. The fourth-order valence-corrected chi connectivity index (χ4v) is 3.95. The van der Waals surface area contributed by atoms with Crippen LogP contribution in [0.25, 0.3) is 6.08 Å². The topological polar surface area (TPSA) is 51.1 Å². The summed E-state index contributed by atoms with van der Waals surface area (Å²) in [5.41, 5.74) is 1.64. The first-order valence-electron chi connectivity index (χ1n) is 8.18. The molecule has 3 rings (SSSR count). The number of nitrogens with zero attached hydrogens (tertiary/aromatic N) is 2. The van der Waals surface area contributed by atoms with Crippen LogP contribution in [-0.2, 0) is 4.79 Å². The van der Waals surface area contributed by atoms with Crippen LogP contribution < -0.4 is 9.47 Å². The Kier molecular flexibility index (Phi) is 6.13. The number of rotatable bonds is 5. The van der Waals surface area contributed by atoms with Crippen LogP contribution in [0.3, 0.4) is 0 Å². The van der Waals surface area contributed by atoms with Gasteiger partial charge in [-0.1, -0.05) is 6.07 Å². The molecule has 1 amide bonds. The van der Waals surface area contributed by atoms with Gasteiger partial charge in [0.25, 0.3) is 5.91 Å². The maximum Gasteiger partial charge on any atom is 0.266 e. The number of methoxy groups -OCH3 is 2. The third kappa shape index (κ3) is 4.31. The number of thioether (sulfide) groups is 2. The predicted molar refractivity (Wildman–Crippen MR) is 113 cm³/mol. The highest BCUT2D eigenvalue weighted by atomic mass is 32.2. The Morgan fingerprint density at radius 1 is 1.15 bits per heavy atom. The number of aliphatic imine (C=N–C) groups is 1. The molecular formula is C20H20N2O3S2. The molecule has 1 saturated heterocycles. The maximum atomic E-state index is 12.6. The number of amides is 1. The Bertz CT molecular complexity index is 925. The number of carbonyl (C=O) groups is 1. The van der Waals surface area contributed by atoms with E-state index in [-0.39, 0.29) is 5.91 Å². The molecule has 1 heterocycles. The van der Waals surface area contributed by atoms with E-state index in [0.29, 0.717) is 21.6 Å². The first-order valence-corrected chi connectivity index (χ1v) is 10.2. The first-order chi connectivity index (χ1) is 13.0. The number of amidine groups is 1. The molecule has 7 heteroatoms. The van der Waals surface area contributed by atoms with E-state index in [4.69, 9.17) is 9.47 Å². The Hall–Kier alpha value is -2.38. The fourth-order valence-electron chi connectivity index (χ4n) is 2.52. The highest BCUT2D eigenvalue weighted by molar-refractivity contribution is 8.18. The van der Waals surface area contributed by atoms with Gasteiger partial charge in [-0.25, -0.2) is 4.99 Å². The number of benzene rings is 2. The van der Waals surface area contributed by atoms with Crippen LogP contribution in [0.15, 0.2) is 57.3 Å². The molecular weight excluding hydrogens is 380 g/mol. The highest BCUT2D eigenvalue weighted by Gasteiger charge is 2.30. The van der Waals surface area contributed by atoms with Gasteiger partial charge in [0, 0.05) is 23.6 Å². The van der Waals surface area contributed by atoms with Gasteiger partial charge >= 0.3 is 0 Å². The van der Waals surface area contributed by atoms with Crippen molar-refractivity contribution in [1.29, 1.82) is 0 Å². The van der Waals surface area contributed by atoms with Gasteiger partial charge in [-0.05, 0) is 54.4 Å². The summed E-state index contributed by atoms with van der Waals surface area (Å²) in [6.45, 7) is 0. The summed E-state index contributed by atoms with van der Waals surface area (Å²) in [7, 11) is 4.93. The Morgan fingerprint density at radius 3 is 2.67 bits per heavy atom. The predicted octanol–water partition coefficient (Wildman–Crippen LogP) is 4.66. The van der Waals surface area contributed by atoms with Crippen LogP contribution in [0.1, 0.15) is 5.56 Å². The molecule has 0 radical (unpaired) electrons. The van der Waals surface area contributed by atoms with Gasteiger partial charge < -0.3 is 9.47 Å². The van der Waals surface area contributed by atoms with E-state index >= 15 is 0 Å². The van der Waals surface area contributed by atoms with Gasteiger partial charge in [0.1, 0.15) is 11.5 Å². The molecule has 1 fully saturated rings. The lowest BCUT2D eigenvalue weighted by molar-refractivity contribution is -0.121. The Labute approximate surface area is 167 Å². The first kappa shape index (κ1) is 19.4. The summed E-state index contributed by atoms with van der Waals surface area (Å²) in [5.74, 6) is 1.26. The summed E-state index contributed by atoms with van der Waals surface area (Å²) in [6, 6.07) is 13.4. The lowest BCUT2D eigenvalue weighted by Crippen LogP contribution is -2.23. The van der Waals surface area contributed by atoms with Crippen molar-refractivity contribution in [3.05, 3.63) is 52.9 Å². The molecule has 0 aromatic heterocycles. The molecule has 27 heavy (non-hydrogen) atoms. The number of ether oxygens (including phenoxy) is 2. The molecule has 0 N–H and O–H groups in total. The number of hydrogen-bond acceptors (Lipinski definition) is 6. The molecule has 0 bridgehead atoms. The summed E-state index contributed by atoms with van der Waals surface area (Å²) in [5, 5.41) is 0.650. The van der Waals surface area contributed by atoms with Crippen molar-refractivity contribution in [3.8, 4) is 11.5 Å². The zero-order chi connectivity index (χ0) is 19.4. The lowest BCUT2D eigenvalue weighted by Gasteiger charge is -2.08. The van der Waals surface area contributed by atoms with Gasteiger partial charge in [-0.3, -0.25) is 9.69 Å². The third-order valence-corrected chi connectivity index (χ3v) is 5.79. The summed E-state index contributed by atoms with van der Waals surface area (Å²) in [4.78, 5) is 20.6. The smallest absolute Gasteiger partial charge is 0.266 e. The lowest BCUT2D eigenvalue weighted by atomic mass is 10.1. The average molecular weight is 401 g/mol. The zero-order valence-electron chi connectivity index (χ0n) is 15.6. The molecule has 140 valence electrons. The van der Waals surface area contributed by atoms with Crippen molar-refractivity contribution in [2.45, 2.75) is 4.90 Å². The van der Waals surface area contributed by atoms with E-state index in [1.165, 1.54) is 11.8 Å². The average Bonchev–Trinajstić information content (AvgIpc) is 2.96. The van der Waals surface area contributed by atoms with E-state index in [2.05, 4.69) is 4.99 Å². The summed E-state index contributed by atoms with van der Waals surface area (Å²) in [6.07, 6.45) is 3.85. The molecule has 0 unspecified atom stereocenters. The summed E-state index contributed by atoms with van der Waals surface area (Å²) < 4.78 is 10.6. The van der Waals surface area contributed by atoms with Crippen molar-refractivity contribution in [1.82, 2.24) is 4.90 Å². The van der Waals surface area contributed by atoms with Crippen LogP contribution in [0.5, 0.6) is 11.5 Å². The van der Waals surface area contributed by atoms with E-state index in [1.807, 2.05) is 48.7 Å². The molecule has 5 nitrogen and oxygen atoms in total. The monoisotopic (exact) mass is 400 g/mol. The summed E-state index contributed by atoms with van der Waals surface area (Å²) >= 11 is 3.01. The van der Waals surface area contributed by atoms with Crippen molar-refractivity contribution < 1.29 is 14.3 Å². The minimum absolute atomic E-state index is 0.0855. The molecule has 2 aromatic carbocycles. The normalized spacial score (nSPS) is 17.0. The van der Waals surface area contributed by atoms with E-state index in [0.717, 1.165) is 16.1 Å². The SMILES string of the molecule is COc1ccc(/C=C2/SC(=Nc3cccc(SC)c3)N(C)C2=O)c(OC)c1. The minimum atomic E-state index is -0.0855. The third-order valence-electron chi connectivity index (χ3n) is 4.01. The standard InChI is InChI=1S/C20H20N2O3S2/c1-22-19(23)18(10-13-8-9-15(24-2)12-17(13)25-3)27-20(22)21-14-6-5-7-16(11-14)26-4/h5-12H,1-4H3/b18-10+,21-20?. The van der Waals surface area contributed by atoms with Crippen LogP contribution in [-0.4, -0.2) is 43.5 Å². The van der Waals surface area contributed by atoms with Crippen LogP contribution in [0, 0.1) is 0 Å². The number of likely N-dealkylation sites (N-methyl/N-ethyl adjacent to an activating group) is 1. The fraction of sp³-hybridized carbons (Fsp3) is 0.200. The molecule has 1 aliphatic rings. The van der Waals surface area contributed by atoms with Crippen molar-refractivity contribution in [3.63, 3.8) is 0 Å². The Balaban J connectivity index is 1.91. The van der Waals surface area contributed by atoms with Crippen LogP contribution in [0.2, 0.25) is 0 Å². The van der Waals surface area contributed by atoms with E-state index < -0.39 is 0 Å². The molecule has 0 saturated carbocycles. The molecule has 0 atom stereocenters. The van der Waals surface area contributed by atoms with Crippen molar-refractivity contribution >= 4 is 46.4 Å². The molecule has 0 aliphatic carbocycles. The second kappa shape index (κ2) is 8.54.